The molecule has 0 aliphatic heterocycles. The van der Waals surface area contributed by atoms with E-state index in [1.807, 2.05) is 6.07 Å². The molecule has 0 fully saturated rings. The van der Waals surface area contributed by atoms with Crippen molar-refractivity contribution >= 4 is 0 Å². The first-order valence-corrected chi connectivity index (χ1v) is 6.37. The molecule has 3 nitrogen and oxygen atoms in total. The van der Waals surface area contributed by atoms with E-state index in [0.29, 0.717) is 11.1 Å². The van der Waals surface area contributed by atoms with Gasteiger partial charge in [-0.2, -0.15) is 5.26 Å². The minimum absolute atomic E-state index is 0.0269. The van der Waals surface area contributed by atoms with E-state index in [1.54, 1.807) is 13.0 Å². The van der Waals surface area contributed by atoms with Crippen LogP contribution in [0.3, 0.4) is 0 Å². The Hall–Kier alpha value is -2.45. The van der Waals surface area contributed by atoms with Crippen LogP contribution >= 0.6 is 0 Å². The zero-order valence-electron chi connectivity index (χ0n) is 11.4. The van der Waals surface area contributed by atoms with Crippen LogP contribution in [0.5, 0.6) is 5.75 Å². The molecule has 5 heteroatoms. The number of hydrogen-bond donors (Lipinski definition) is 1. The topological polar surface area (TPSA) is 59.0 Å². The van der Waals surface area contributed by atoms with E-state index in [9.17, 15) is 8.78 Å². The lowest BCUT2D eigenvalue weighted by Gasteiger charge is -2.10. The number of rotatable bonds is 4. The number of ether oxygens (including phenoxy) is 1. The summed E-state index contributed by atoms with van der Waals surface area (Å²) < 4.78 is 32.4. The molecule has 0 aliphatic carbocycles. The first-order valence-electron chi connectivity index (χ1n) is 6.37. The third-order valence-corrected chi connectivity index (χ3v) is 2.96. The van der Waals surface area contributed by atoms with Crippen molar-refractivity contribution in [3.63, 3.8) is 0 Å². The van der Waals surface area contributed by atoms with Crippen molar-refractivity contribution in [3.05, 3.63) is 64.7 Å². The third kappa shape index (κ3) is 3.77. The summed E-state index contributed by atoms with van der Waals surface area (Å²) in [6.07, 6.45) is 0. The molecule has 0 bridgehead atoms. The smallest absolute Gasteiger partial charge is 0.165 e. The molecule has 108 valence electrons. The lowest BCUT2D eigenvalue weighted by molar-refractivity contribution is 0.289. The molecule has 21 heavy (non-hydrogen) atoms. The van der Waals surface area contributed by atoms with E-state index in [4.69, 9.17) is 15.7 Å². The Labute approximate surface area is 121 Å². The first-order chi connectivity index (χ1) is 9.99. The maximum absolute atomic E-state index is 13.8. The summed E-state index contributed by atoms with van der Waals surface area (Å²) in [4.78, 5) is 0. The van der Waals surface area contributed by atoms with Crippen LogP contribution in [-0.4, -0.2) is 0 Å². The number of nitriles is 1. The van der Waals surface area contributed by atoms with Crippen LogP contribution in [0.1, 0.15) is 29.7 Å². The van der Waals surface area contributed by atoms with E-state index in [-0.39, 0.29) is 24.0 Å². The zero-order valence-corrected chi connectivity index (χ0v) is 11.4. The minimum Gasteiger partial charge on any atom is -0.486 e. The molecule has 0 amide bonds. The van der Waals surface area contributed by atoms with Crippen LogP contribution in [0.4, 0.5) is 8.78 Å². The summed E-state index contributed by atoms with van der Waals surface area (Å²) in [5, 5.41) is 8.77. The molecule has 0 aliphatic rings. The highest BCUT2D eigenvalue weighted by atomic mass is 19.1. The lowest BCUT2D eigenvalue weighted by Crippen LogP contribution is -2.06. The van der Waals surface area contributed by atoms with Crippen LogP contribution in [0.2, 0.25) is 0 Å². The number of halogens is 2. The van der Waals surface area contributed by atoms with Crippen molar-refractivity contribution < 1.29 is 13.5 Å². The molecule has 2 N–H and O–H groups in total. The molecule has 2 rings (SSSR count). The van der Waals surface area contributed by atoms with Gasteiger partial charge in [-0.25, -0.2) is 8.78 Å². The van der Waals surface area contributed by atoms with Crippen molar-refractivity contribution in [1.29, 1.82) is 5.26 Å². The van der Waals surface area contributed by atoms with E-state index in [0.717, 1.165) is 6.07 Å². The monoisotopic (exact) mass is 288 g/mol. The molecule has 2 aromatic carbocycles. The Morgan fingerprint density at radius 3 is 2.62 bits per heavy atom. The Morgan fingerprint density at radius 2 is 2.00 bits per heavy atom. The highest BCUT2D eigenvalue weighted by Crippen LogP contribution is 2.22. The molecule has 0 aromatic heterocycles. The van der Waals surface area contributed by atoms with Crippen LogP contribution in [0, 0.1) is 23.0 Å². The maximum atomic E-state index is 13.8. The van der Waals surface area contributed by atoms with Gasteiger partial charge in [0, 0.05) is 6.04 Å². The molecule has 0 spiro atoms. The molecule has 1 atom stereocenters. The average Bonchev–Trinajstić information content (AvgIpc) is 2.45. The molecule has 0 heterocycles. The van der Waals surface area contributed by atoms with Crippen LogP contribution in [0.15, 0.2) is 36.4 Å². The highest BCUT2D eigenvalue weighted by molar-refractivity contribution is 5.34. The van der Waals surface area contributed by atoms with Gasteiger partial charge in [0.05, 0.1) is 11.6 Å². The van der Waals surface area contributed by atoms with Gasteiger partial charge >= 0.3 is 0 Å². The average molecular weight is 288 g/mol. The molecule has 0 saturated heterocycles. The van der Waals surface area contributed by atoms with Crippen LogP contribution in [0.25, 0.3) is 0 Å². The van der Waals surface area contributed by atoms with Gasteiger partial charge in [0.2, 0.25) is 0 Å². The fraction of sp³-hybridized carbons (Fsp3) is 0.188. The van der Waals surface area contributed by atoms with Gasteiger partial charge in [-0.3, -0.25) is 0 Å². The predicted octanol–water partition coefficient (Wildman–Crippen LogP) is 3.44. The molecule has 0 radical (unpaired) electrons. The van der Waals surface area contributed by atoms with Crippen molar-refractivity contribution in [2.24, 2.45) is 5.73 Å². The summed E-state index contributed by atoms with van der Waals surface area (Å²) in [7, 11) is 0. The standard InChI is InChI=1S/C16H14F2N2O/c1-10(20)13-2-3-16(15(18)7-13)21-9-12-4-11(8-19)5-14(17)6-12/h2-7,10H,9,20H2,1H3/t10-/m1/s1. The number of nitrogens with two attached hydrogens (primary N) is 1. The van der Waals surface area contributed by atoms with Gasteiger partial charge in [0.15, 0.2) is 11.6 Å². The number of nitrogens with zero attached hydrogens (tertiary/aromatic N) is 1. The zero-order chi connectivity index (χ0) is 15.4. The van der Waals surface area contributed by atoms with Crippen LogP contribution in [-0.2, 0) is 6.61 Å². The van der Waals surface area contributed by atoms with Crippen LogP contribution < -0.4 is 10.5 Å². The van der Waals surface area contributed by atoms with Gasteiger partial charge in [0.1, 0.15) is 12.4 Å². The summed E-state index contributed by atoms with van der Waals surface area (Å²) >= 11 is 0. The molecular weight excluding hydrogens is 274 g/mol. The normalized spacial score (nSPS) is 11.8. The Kier molecular flexibility index (Phi) is 4.51. The molecule has 0 unspecified atom stereocenters. The van der Waals surface area contributed by atoms with Gasteiger partial charge in [-0.05, 0) is 48.4 Å². The van der Waals surface area contributed by atoms with Gasteiger partial charge in [0.25, 0.3) is 0 Å². The quantitative estimate of drug-likeness (QED) is 0.937. The highest BCUT2D eigenvalue weighted by Gasteiger charge is 2.08. The summed E-state index contributed by atoms with van der Waals surface area (Å²) in [6, 6.07) is 9.93. The van der Waals surface area contributed by atoms with Gasteiger partial charge in [-0.15, -0.1) is 0 Å². The fourth-order valence-electron chi connectivity index (χ4n) is 1.88. The Morgan fingerprint density at radius 1 is 1.24 bits per heavy atom. The third-order valence-electron chi connectivity index (χ3n) is 2.96. The van der Waals surface area contributed by atoms with E-state index >= 15 is 0 Å². The predicted molar refractivity (Wildman–Crippen MR) is 74.4 cm³/mol. The van der Waals surface area contributed by atoms with Crippen molar-refractivity contribution in [2.75, 3.05) is 0 Å². The van der Waals surface area contributed by atoms with Gasteiger partial charge in [-0.1, -0.05) is 6.07 Å². The SMILES string of the molecule is C[C@@H](N)c1ccc(OCc2cc(F)cc(C#N)c2)c(F)c1. The number of hydrogen-bond acceptors (Lipinski definition) is 3. The van der Waals surface area contributed by atoms with Crippen molar-refractivity contribution in [2.45, 2.75) is 19.6 Å². The molecular formula is C16H14F2N2O. The fourth-order valence-corrected chi connectivity index (χ4v) is 1.88. The first kappa shape index (κ1) is 14.9. The second-order valence-electron chi connectivity index (χ2n) is 4.73. The van der Waals surface area contributed by atoms with Crippen molar-refractivity contribution in [1.82, 2.24) is 0 Å². The van der Waals surface area contributed by atoms with E-state index < -0.39 is 11.6 Å². The largest absolute Gasteiger partial charge is 0.486 e. The Balaban J connectivity index is 2.13. The maximum Gasteiger partial charge on any atom is 0.165 e. The van der Waals surface area contributed by atoms with Gasteiger partial charge < -0.3 is 10.5 Å². The Bertz CT molecular complexity index is 693. The van der Waals surface area contributed by atoms with E-state index in [2.05, 4.69) is 0 Å². The van der Waals surface area contributed by atoms with E-state index in [1.165, 1.54) is 24.3 Å². The molecule has 0 saturated carbocycles. The molecule has 2 aromatic rings. The second kappa shape index (κ2) is 6.33. The summed E-state index contributed by atoms with van der Waals surface area (Å²) in [6.45, 7) is 1.73. The van der Waals surface area contributed by atoms with Crippen molar-refractivity contribution in [3.8, 4) is 11.8 Å². The second-order valence-corrected chi connectivity index (χ2v) is 4.73. The number of benzene rings is 2. The summed E-state index contributed by atoms with van der Waals surface area (Å²) in [5.41, 5.74) is 6.99. The lowest BCUT2D eigenvalue weighted by atomic mass is 10.1. The summed E-state index contributed by atoms with van der Waals surface area (Å²) in [5.74, 6) is -0.996. The minimum atomic E-state index is -0.527.